The molecule has 2 amide bonds. The molecule has 0 saturated heterocycles. The predicted octanol–water partition coefficient (Wildman–Crippen LogP) is 1.43. The maximum absolute atomic E-state index is 12.3. The number of amides is 2. The lowest BCUT2D eigenvalue weighted by Crippen LogP contribution is -2.48. The van der Waals surface area contributed by atoms with E-state index in [-0.39, 0.29) is 30.5 Å². The maximum atomic E-state index is 12.3. The lowest BCUT2D eigenvalue weighted by molar-refractivity contribution is -0.142. The average Bonchev–Trinajstić information content (AvgIpc) is 3.12. The number of carbonyl (C=O) groups is 2. The summed E-state index contributed by atoms with van der Waals surface area (Å²) in [6.45, 7) is 0.735. The number of urea groups is 1. The van der Waals surface area contributed by atoms with Gasteiger partial charge in [-0.05, 0) is 31.6 Å². The molecule has 0 spiro atoms. The molecule has 2 saturated carbocycles. The second kappa shape index (κ2) is 7.64. The SMILES string of the molecule is O=C(O)C1CCCC1CNC(=O)N(CCO)C1CCCC1. The Balaban J connectivity index is 1.85. The Labute approximate surface area is 125 Å². The number of carboxylic acid groups (broad SMARTS) is 1. The van der Waals surface area contributed by atoms with Gasteiger partial charge in [-0.15, -0.1) is 0 Å². The third-order valence-corrected chi connectivity index (χ3v) is 4.86. The first kappa shape index (κ1) is 16.1. The molecule has 2 aliphatic carbocycles. The van der Waals surface area contributed by atoms with Crippen molar-refractivity contribution >= 4 is 12.0 Å². The van der Waals surface area contributed by atoms with Crippen molar-refractivity contribution in [2.75, 3.05) is 19.7 Å². The molecule has 0 aromatic heterocycles. The number of hydrogen-bond donors (Lipinski definition) is 3. The molecule has 3 N–H and O–H groups in total. The Morgan fingerprint density at radius 2 is 1.81 bits per heavy atom. The van der Waals surface area contributed by atoms with Gasteiger partial charge in [0.05, 0.1) is 12.5 Å². The number of aliphatic carboxylic acids is 1. The normalized spacial score (nSPS) is 26.0. The third kappa shape index (κ3) is 4.09. The van der Waals surface area contributed by atoms with Crippen LogP contribution >= 0.6 is 0 Å². The van der Waals surface area contributed by atoms with Gasteiger partial charge in [-0.2, -0.15) is 0 Å². The Morgan fingerprint density at radius 3 is 2.43 bits per heavy atom. The van der Waals surface area contributed by atoms with Crippen LogP contribution in [0.15, 0.2) is 0 Å². The summed E-state index contributed by atoms with van der Waals surface area (Å²) in [5.41, 5.74) is 0. The highest BCUT2D eigenvalue weighted by molar-refractivity contribution is 5.75. The molecule has 0 aromatic rings. The van der Waals surface area contributed by atoms with Gasteiger partial charge in [0.15, 0.2) is 0 Å². The summed E-state index contributed by atoms with van der Waals surface area (Å²) in [6, 6.07) is 0.0583. The lowest BCUT2D eigenvalue weighted by atomic mass is 9.96. The zero-order valence-corrected chi connectivity index (χ0v) is 12.5. The van der Waals surface area contributed by atoms with Gasteiger partial charge in [0.1, 0.15) is 0 Å². The van der Waals surface area contributed by atoms with E-state index in [0.29, 0.717) is 19.5 Å². The van der Waals surface area contributed by atoms with E-state index in [1.165, 1.54) is 0 Å². The van der Waals surface area contributed by atoms with Crippen molar-refractivity contribution < 1.29 is 19.8 Å². The topological polar surface area (TPSA) is 89.9 Å². The van der Waals surface area contributed by atoms with Gasteiger partial charge in [-0.25, -0.2) is 4.79 Å². The van der Waals surface area contributed by atoms with Crippen LogP contribution in [-0.2, 0) is 4.79 Å². The standard InChI is InChI=1S/C15H26N2O4/c18-9-8-17(12-5-1-2-6-12)15(21)16-10-11-4-3-7-13(11)14(19)20/h11-13,18H,1-10H2,(H,16,21)(H,19,20). The second-order valence-electron chi connectivity index (χ2n) is 6.18. The molecule has 0 heterocycles. The van der Waals surface area contributed by atoms with Crippen LogP contribution in [-0.4, -0.2) is 52.9 Å². The quantitative estimate of drug-likeness (QED) is 0.692. The van der Waals surface area contributed by atoms with E-state index in [9.17, 15) is 9.59 Å². The lowest BCUT2D eigenvalue weighted by Gasteiger charge is -2.29. The summed E-state index contributed by atoms with van der Waals surface area (Å²) in [6.07, 6.45) is 6.73. The largest absolute Gasteiger partial charge is 0.481 e. The summed E-state index contributed by atoms with van der Waals surface area (Å²) in [7, 11) is 0. The summed E-state index contributed by atoms with van der Waals surface area (Å²) >= 11 is 0. The molecular formula is C15H26N2O4. The minimum absolute atomic E-state index is 0.0333. The van der Waals surface area contributed by atoms with Gasteiger partial charge in [0, 0.05) is 19.1 Å². The van der Waals surface area contributed by atoms with Crippen molar-refractivity contribution in [2.24, 2.45) is 11.8 Å². The van der Waals surface area contributed by atoms with Crippen LogP contribution in [0.2, 0.25) is 0 Å². The van der Waals surface area contributed by atoms with Crippen LogP contribution in [0.3, 0.4) is 0 Å². The van der Waals surface area contributed by atoms with Crippen LogP contribution in [0, 0.1) is 11.8 Å². The van der Waals surface area contributed by atoms with E-state index < -0.39 is 5.97 Å². The fourth-order valence-corrected chi connectivity index (χ4v) is 3.70. The molecule has 6 nitrogen and oxygen atoms in total. The highest BCUT2D eigenvalue weighted by Gasteiger charge is 2.33. The fourth-order valence-electron chi connectivity index (χ4n) is 3.70. The van der Waals surface area contributed by atoms with Crippen molar-refractivity contribution in [1.82, 2.24) is 10.2 Å². The maximum Gasteiger partial charge on any atom is 0.317 e. The summed E-state index contributed by atoms with van der Waals surface area (Å²) in [5, 5.41) is 21.2. The van der Waals surface area contributed by atoms with Crippen LogP contribution in [0.1, 0.15) is 44.9 Å². The smallest absolute Gasteiger partial charge is 0.317 e. The van der Waals surface area contributed by atoms with Gasteiger partial charge < -0.3 is 20.4 Å². The van der Waals surface area contributed by atoms with E-state index in [1.54, 1.807) is 4.90 Å². The van der Waals surface area contributed by atoms with Gasteiger partial charge >= 0.3 is 12.0 Å². The monoisotopic (exact) mass is 298 g/mol. The Kier molecular flexibility index (Phi) is 5.85. The third-order valence-electron chi connectivity index (χ3n) is 4.86. The van der Waals surface area contributed by atoms with Crippen LogP contribution in [0.5, 0.6) is 0 Å². The number of hydrogen-bond acceptors (Lipinski definition) is 3. The molecule has 2 aliphatic rings. The number of rotatable bonds is 6. The molecule has 21 heavy (non-hydrogen) atoms. The van der Waals surface area contributed by atoms with Gasteiger partial charge in [-0.1, -0.05) is 19.3 Å². The van der Waals surface area contributed by atoms with Gasteiger partial charge in [0.2, 0.25) is 0 Å². The number of aliphatic hydroxyl groups excluding tert-OH is 1. The predicted molar refractivity (Wildman–Crippen MR) is 77.9 cm³/mol. The zero-order chi connectivity index (χ0) is 15.2. The van der Waals surface area contributed by atoms with Gasteiger partial charge in [0.25, 0.3) is 0 Å². The Hall–Kier alpha value is -1.30. The van der Waals surface area contributed by atoms with E-state index in [4.69, 9.17) is 10.2 Å². The molecule has 2 unspecified atom stereocenters. The molecule has 0 bridgehead atoms. The first-order chi connectivity index (χ1) is 10.1. The second-order valence-corrected chi connectivity index (χ2v) is 6.18. The summed E-state index contributed by atoms with van der Waals surface area (Å²) in [5.74, 6) is -1.05. The average molecular weight is 298 g/mol. The van der Waals surface area contributed by atoms with E-state index >= 15 is 0 Å². The highest BCUT2D eigenvalue weighted by Crippen LogP contribution is 2.31. The Bertz CT molecular complexity index is 369. The van der Waals surface area contributed by atoms with Crippen LogP contribution < -0.4 is 5.32 Å². The molecular weight excluding hydrogens is 272 g/mol. The molecule has 6 heteroatoms. The highest BCUT2D eigenvalue weighted by atomic mass is 16.4. The Morgan fingerprint density at radius 1 is 1.10 bits per heavy atom. The molecule has 120 valence electrons. The number of carboxylic acids is 1. The molecule has 2 fully saturated rings. The molecule has 0 aromatic carbocycles. The summed E-state index contributed by atoms with van der Waals surface area (Å²) in [4.78, 5) is 25.2. The van der Waals surface area contributed by atoms with Crippen molar-refractivity contribution in [3.63, 3.8) is 0 Å². The zero-order valence-electron chi connectivity index (χ0n) is 12.5. The number of aliphatic hydroxyl groups is 1. The first-order valence-corrected chi connectivity index (χ1v) is 8.01. The number of nitrogens with one attached hydrogen (secondary N) is 1. The number of nitrogens with zero attached hydrogens (tertiary/aromatic N) is 1. The van der Waals surface area contributed by atoms with Crippen molar-refractivity contribution in [3.8, 4) is 0 Å². The number of carbonyl (C=O) groups excluding carboxylic acids is 1. The van der Waals surface area contributed by atoms with Crippen LogP contribution in [0.4, 0.5) is 4.79 Å². The van der Waals surface area contributed by atoms with Crippen molar-refractivity contribution in [2.45, 2.75) is 51.0 Å². The van der Waals surface area contributed by atoms with Crippen molar-refractivity contribution in [3.05, 3.63) is 0 Å². The van der Waals surface area contributed by atoms with E-state index in [2.05, 4.69) is 5.32 Å². The molecule has 0 aliphatic heterocycles. The van der Waals surface area contributed by atoms with E-state index in [0.717, 1.165) is 38.5 Å². The van der Waals surface area contributed by atoms with Gasteiger partial charge in [-0.3, -0.25) is 4.79 Å². The minimum Gasteiger partial charge on any atom is -0.481 e. The molecule has 2 atom stereocenters. The first-order valence-electron chi connectivity index (χ1n) is 8.01. The fraction of sp³-hybridized carbons (Fsp3) is 0.867. The van der Waals surface area contributed by atoms with Crippen molar-refractivity contribution in [1.29, 1.82) is 0 Å². The summed E-state index contributed by atoms with van der Waals surface area (Å²) < 4.78 is 0. The molecule has 2 rings (SSSR count). The van der Waals surface area contributed by atoms with Crippen LogP contribution in [0.25, 0.3) is 0 Å². The minimum atomic E-state index is -0.755. The van der Waals surface area contributed by atoms with E-state index in [1.807, 2.05) is 0 Å². The molecule has 0 radical (unpaired) electrons.